The summed E-state index contributed by atoms with van der Waals surface area (Å²) in [7, 11) is -1.22. The molecule has 2 aromatic rings. The molecule has 0 radical (unpaired) electrons. The van der Waals surface area contributed by atoms with Crippen LogP contribution in [0.5, 0.6) is 0 Å². The first-order valence-electron chi connectivity index (χ1n) is 6.83. The first-order valence-corrected chi connectivity index (χ1v) is 9.13. The van der Waals surface area contributed by atoms with Gasteiger partial charge in [-0.25, -0.2) is 8.42 Å². The number of para-hydroxylation sites is 1. The van der Waals surface area contributed by atoms with Crippen molar-refractivity contribution < 1.29 is 8.42 Å². The molecule has 0 spiro atoms. The molecule has 0 fully saturated rings. The molecular weight excluding hydrogens is 306 g/mol. The maximum absolute atomic E-state index is 11.9. The second-order valence-corrected chi connectivity index (χ2v) is 7.95. The minimum Gasteiger partial charge on any atom is -0.329 e. The summed E-state index contributed by atoms with van der Waals surface area (Å²) in [5.74, 6) is 0. The predicted octanol–water partition coefficient (Wildman–Crippen LogP) is 2.44. The summed E-state index contributed by atoms with van der Waals surface area (Å²) in [6.07, 6.45) is 1.21. The molecule has 21 heavy (non-hydrogen) atoms. The third-order valence-electron chi connectivity index (χ3n) is 3.73. The average Bonchev–Trinajstić information content (AvgIpc) is 2.69. The molecule has 5 nitrogen and oxygen atoms in total. The quantitative estimate of drug-likeness (QED) is 0.857. The molecular formula is C14H21N3O2S2. The van der Waals surface area contributed by atoms with E-state index in [1.807, 2.05) is 10.6 Å². The van der Waals surface area contributed by atoms with E-state index in [4.69, 9.17) is 12.2 Å². The van der Waals surface area contributed by atoms with Gasteiger partial charge in [0.2, 0.25) is 0 Å². The highest BCUT2D eigenvalue weighted by Gasteiger charge is 2.15. The zero-order valence-corrected chi connectivity index (χ0v) is 14.4. The van der Waals surface area contributed by atoms with Gasteiger partial charge in [-0.3, -0.25) is 0 Å². The predicted molar refractivity (Wildman–Crippen MR) is 88.0 cm³/mol. The Bertz CT molecular complexity index is 803. The molecule has 0 aliphatic rings. The van der Waals surface area contributed by atoms with Crippen molar-refractivity contribution in [3.05, 3.63) is 23.0 Å². The molecule has 0 saturated carbocycles. The van der Waals surface area contributed by atoms with Gasteiger partial charge >= 0.3 is 0 Å². The second-order valence-electron chi connectivity index (χ2n) is 5.58. The second kappa shape index (κ2) is 5.90. The third kappa shape index (κ3) is 3.36. The maximum atomic E-state index is 11.9. The molecule has 0 aliphatic carbocycles. The number of hydrogen-bond donors (Lipinski definition) is 1. The molecule has 0 saturated heterocycles. The number of nitrogens with one attached hydrogen (secondary N) is 1. The lowest BCUT2D eigenvalue weighted by molar-refractivity contribution is 0.263. The van der Waals surface area contributed by atoms with Gasteiger partial charge in [-0.05, 0) is 45.2 Å². The zero-order valence-electron chi connectivity index (χ0n) is 12.8. The summed E-state index contributed by atoms with van der Waals surface area (Å²) in [5.41, 5.74) is 1.43. The number of fused-ring (bicyclic) bond motifs is 1. The lowest BCUT2D eigenvalue weighted by Crippen LogP contribution is -2.29. The van der Waals surface area contributed by atoms with E-state index in [2.05, 4.69) is 30.8 Å². The molecule has 0 aliphatic heterocycles. The topological polar surface area (TPSA) is 58.1 Å². The third-order valence-corrected chi connectivity index (χ3v) is 5.19. The van der Waals surface area contributed by atoms with Crippen molar-refractivity contribution in [2.24, 2.45) is 0 Å². The van der Waals surface area contributed by atoms with E-state index in [0.717, 1.165) is 18.6 Å². The van der Waals surface area contributed by atoms with Crippen molar-refractivity contribution in [3.8, 4) is 0 Å². The summed E-state index contributed by atoms with van der Waals surface area (Å²) in [4.78, 5) is 5.55. The first-order chi connectivity index (χ1) is 9.71. The molecule has 0 amide bonds. The highest BCUT2D eigenvalue weighted by atomic mass is 32.2. The minimum absolute atomic E-state index is 0.294. The fourth-order valence-corrected chi connectivity index (χ4v) is 3.34. The largest absolute Gasteiger partial charge is 0.329 e. The van der Waals surface area contributed by atoms with Gasteiger partial charge in [0, 0.05) is 25.4 Å². The Morgan fingerprint density at radius 3 is 2.62 bits per heavy atom. The van der Waals surface area contributed by atoms with Gasteiger partial charge in [-0.15, -0.1) is 0 Å². The van der Waals surface area contributed by atoms with Gasteiger partial charge in [0.15, 0.2) is 14.6 Å². The van der Waals surface area contributed by atoms with Gasteiger partial charge in [-0.2, -0.15) is 0 Å². The highest BCUT2D eigenvalue weighted by molar-refractivity contribution is 7.91. The number of H-pyrrole nitrogens is 1. The fraction of sp³-hybridized carbons (Fsp3) is 0.500. The van der Waals surface area contributed by atoms with E-state index >= 15 is 0 Å². The van der Waals surface area contributed by atoms with Crippen LogP contribution < -0.4 is 0 Å². The van der Waals surface area contributed by atoms with Gasteiger partial charge in [0.05, 0.1) is 15.9 Å². The zero-order chi connectivity index (χ0) is 15.8. The van der Waals surface area contributed by atoms with Crippen LogP contribution in [-0.4, -0.2) is 48.8 Å². The SMILES string of the molecule is CC(C)N(C)CCn1c(=S)[nH]c2c(S(C)(=O)=O)cccc21. The summed E-state index contributed by atoms with van der Waals surface area (Å²) in [6, 6.07) is 5.71. The van der Waals surface area contributed by atoms with E-state index in [1.165, 1.54) is 6.26 Å². The standard InChI is InChI=1S/C14H21N3O2S2/c1-10(2)16(3)8-9-17-11-6-5-7-12(21(4,18)19)13(11)15-14(17)20/h5-7,10H,8-9H2,1-4H3,(H,15,20). The Balaban J connectivity index is 2.47. The smallest absolute Gasteiger partial charge is 0.178 e. The lowest BCUT2D eigenvalue weighted by Gasteiger charge is -2.21. The Kier molecular flexibility index (Phi) is 4.55. The number of sulfone groups is 1. The van der Waals surface area contributed by atoms with Crippen LogP contribution in [0.1, 0.15) is 13.8 Å². The summed E-state index contributed by atoms with van der Waals surface area (Å²) < 4.78 is 26.2. The first kappa shape index (κ1) is 16.2. The molecule has 1 heterocycles. The van der Waals surface area contributed by atoms with Crippen molar-refractivity contribution >= 4 is 33.1 Å². The number of aromatic nitrogens is 2. The van der Waals surface area contributed by atoms with Crippen LogP contribution in [0.4, 0.5) is 0 Å². The number of benzene rings is 1. The molecule has 1 aromatic heterocycles. The Morgan fingerprint density at radius 2 is 2.05 bits per heavy atom. The maximum Gasteiger partial charge on any atom is 0.178 e. The average molecular weight is 327 g/mol. The van der Waals surface area contributed by atoms with Crippen LogP contribution in [0.2, 0.25) is 0 Å². The Morgan fingerprint density at radius 1 is 1.38 bits per heavy atom. The van der Waals surface area contributed by atoms with E-state index in [-0.39, 0.29) is 0 Å². The molecule has 7 heteroatoms. The number of aromatic amines is 1. The van der Waals surface area contributed by atoms with Crippen molar-refractivity contribution in [2.75, 3.05) is 19.8 Å². The molecule has 1 N–H and O–H groups in total. The van der Waals surface area contributed by atoms with Crippen molar-refractivity contribution in [2.45, 2.75) is 31.3 Å². The summed E-state index contributed by atoms with van der Waals surface area (Å²) in [6.45, 7) is 5.84. The molecule has 1 aromatic carbocycles. The van der Waals surface area contributed by atoms with Crippen LogP contribution in [0.3, 0.4) is 0 Å². The van der Waals surface area contributed by atoms with Crippen LogP contribution >= 0.6 is 12.2 Å². The Hall–Kier alpha value is -1.18. The van der Waals surface area contributed by atoms with Crippen LogP contribution in [-0.2, 0) is 16.4 Å². The highest BCUT2D eigenvalue weighted by Crippen LogP contribution is 2.22. The van der Waals surface area contributed by atoms with Gasteiger partial charge < -0.3 is 14.5 Å². The van der Waals surface area contributed by atoms with Crippen molar-refractivity contribution in [1.82, 2.24) is 14.5 Å². The fourth-order valence-electron chi connectivity index (χ4n) is 2.20. The molecule has 0 atom stereocenters. The number of imidazole rings is 1. The van der Waals surface area contributed by atoms with E-state index in [9.17, 15) is 8.42 Å². The van der Waals surface area contributed by atoms with Crippen LogP contribution in [0, 0.1) is 4.77 Å². The molecule has 0 bridgehead atoms. The Labute approximate surface area is 130 Å². The van der Waals surface area contributed by atoms with Gasteiger partial charge in [0.25, 0.3) is 0 Å². The van der Waals surface area contributed by atoms with Gasteiger partial charge in [0.1, 0.15) is 0 Å². The number of hydrogen-bond acceptors (Lipinski definition) is 4. The van der Waals surface area contributed by atoms with E-state index in [1.54, 1.807) is 12.1 Å². The van der Waals surface area contributed by atoms with Gasteiger partial charge in [-0.1, -0.05) is 6.07 Å². The van der Waals surface area contributed by atoms with Crippen LogP contribution in [0.15, 0.2) is 23.1 Å². The summed E-state index contributed by atoms with van der Waals surface area (Å²) in [5, 5.41) is 0. The normalized spacial score (nSPS) is 12.7. The number of nitrogens with zero attached hydrogens (tertiary/aromatic N) is 2. The minimum atomic E-state index is -3.28. The molecule has 116 valence electrons. The van der Waals surface area contributed by atoms with E-state index in [0.29, 0.717) is 21.2 Å². The molecule has 0 unspecified atom stereocenters. The van der Waals surface area contributed by atoms with E-state index < -0.39 is 9.84 Å². The monoisotopic (exact) mass is 327 g/mol. The summed E-state index contributed by atoms with van der Waals surface area (Å²) >= 11 is 5.35. The van der Waals surface area contributed by atoms with Crippen LogP contribution in [0.25, 0.3) is 11.0 Å². The molecule has 2 rings (SSSR count). The van der Waals surface area contributed by atoms with Crippen molar-refractivity contribution in [3.63, 3.8) is 0 Å². The lowest BCUT2D eigenvalue weighted by atomic mass is 10.3. The number of likely N-dealkylation sites (N-methyl/N-ethyl adjacent to an activating group) is 1. The van der Waals surface area contributed by atoms with Crippen molar-refractivity contribution in [1.29, 1.82) is 0 Å². The number of rotatable bonds is 5.